The van der Waals surface area contributed by atoms with Crippen LogP contribution in [0.1, 0.15) is 52.0 Å². The number of benzene rings is 4. The maximum Gasteiger partial charge on any atom is 0.420 e. The van der Waals surface area contributed by atoms with E-state index in [1.54, 1.807) is 6.07 Å². The van der Waals surface area contributed by atoms with Crippen molar-refractivity contribution in [3.05, 3.63) is 130 Å². The first-order valence-electron chi connectivity index (χ1n) is 16.1. The number of carbonyl (C=O) groups excluding carboxylic acids is 2. The number of methoxy groups -OCH3 is 1. The summed E-state index contributed by atoms with van der Waals surface area (Å²) in [7, 11) is 1.18. The molecule has 1 saturated heterocycles. The number of halogens is 1. The monoisotopic (exact) mass is 649 g/mol. The van der Waals surface area contributed by atoms with Gasteiger partial charge in [0.25, 0.3) is 5.91 Å². The van der Waals surface area contributed by atoms with E-state index >= 15 is 4.39 Å². The average molecular weight is 650 g/mol. The van der Waals surface area contributed by atoms with E-state index in [-0.39, 0.29) is 29.8 Å². The van der Waals surface area contributed by atoms with Crippen LogP contribution in [0.3, 0.4) is 0 Å². The topological polar surface area (TPSA) is 123 Å². The highest BCUT2D eigenvalue weighted by Gasteiger charge is 2.37. The highest BCUT2D eigenvalue weighted by atomic mass is 19.1. The fourth-order valence-electron chi connectivity index (χ4n) is 6.37. The summed E-state index contributed by atoms with van der Waals surface area (Å²) in [5, 5.41) is 3.50. The minimum Gasteiger partial charge on any atom is -0.452 e. The molecule has 0 spiro atoms. The Morgan fingerprint density at radius 1 is 1.00 bits per heavy atom. The van der Waals surface area contributed by atoms with Crippen LogP contribution in [0.5, 0.6) is 0 Å². The molecule has 0 saturated carbocycles. The molecular formula is C38H40FN5O4. The van der Waals surface area contributed by atoms with Crippen LogP contribution >= 0.6 is 0 Å². The molecule has 2 amide bonds. The first-order valence-corrected chi connectivity index (χ1v) is 16.1. The molecule has 0 radical (unpaired) electrons. The lowest BCUT2D eigenvalue weighted by Gasteiger charge is -2.31. The SMILES string of the molecule is COC(=O)N(C(=O)[C@@H](N)C(c1ccccc1)c1ccccc1)c1cccc(F)c1CC[C@@H]1CN[C@H](c2nc3cc(C)c(C)cc3[nH]2)CO1. The number of aromatic nitrogens is 2. The summed E-state index contributed by atoms with van der Waals surface area (Å²) in [6.45, 7) is 5.04. The van der Waals surface area contributed by atoms with Gasteiger partial charge < -0.3 is 25.5 Å². The van der Waals surface area contributed by atoms with Crippen molar-refractivity contribution in [2.75, 3.05) is 25.2 Å². The number of morpholine rings is 1. The fourth-order valence-corrected chi connectivity index (χ4v) is 6.37. The number of hydrogen-bond donors (Lipinski definition) is 3. The largest absolute Gasteiger partial charge is 0.452 e. The van der Waals surface area contributed by atoms with Crippen molar-refractivity contribution in [3.8, 4) is 0 Å². The summed E-state index contributed by atoms with van der Waals surface area (Å²) in [5.41, 5.74) is 12.9. The van der Waals surface area contributed by atoms with Crippen LogP contribution in [0.2, 0.25) is 0 Å². The minimum absolute atomic E-state index is 0.0941. The Balaban J connectivity index is 1.20. The molecule has 1 aliphatic rings. The number of imidazole rings is 1. The van der Waals surface area contributed by atoms with Gasteiger partial charge in [-0.2, -0.15) is 0 Å². The number of aromatic amines is 1. The van der Waals surface area contributed by atoms with Gasteiger partial charge in [0.05, 0.1) is 48.6 Å². The Kier molecular flexibility index (Phi) is 9.95. The Morgan fingerprint density at radius 3 is 2.29 bits per heavy atom. The Labute approximate surface area is 279 Å². The van der Waals surface area contributed by atoms with Gasteiger partial charge in [0, 0.05) is 18.0 Å². The van der Waals surface area contributed by atoms with E-state index < -0.39 is 29.8 Å². The number of anilines is 1. The molecular weight excluding hydrogens is 609 g/mol. The van der Waals surface area contributed by atoms with Crippen molar-refractivity contribution < 1.29 is 23.5 Å². The van der Waals surface area contributed by atoms with E-state index in [0.717, 1.165) is 32.9 Å². The molecule has 248 valence electrons. The molecule has 3 atom stereocenters. The van der Waals surface area contributed by atoms with E-state index in [9.17, 15) is 9.59 Å². The maximum atomic E-state index is 15.5. The second kappa shape index (κ2) is 14.5. The third-order valence-corrected chi connectivity index (χ3v) is 9.13. The molecule has 1 fully saturated rings. The Morgan fingerprint density at radius 2 is 1.67 bits per heavy atom. The predicted octanol–water partition coefficient (Wildman–Crippen LogP) is 6.24. The van der Waals surface area contributed by atoms with Crippen LogP contribution < -0.4 is 16.0 Å². The molecule has 0 unspecified atom stereocenters. The third kappa shape index (κ3) is 6.87. The van der Waals surface area contributed by atoms with Gasteiger partial charge in [0.1, 0.15) is 11.6 Å². The van der Waals surface area contributed by atoms with Crippen molar-refractivity contribution >= 4 is 28.7 Å². The van der Waals surface area contributed by atoms with Crippen molar-refractivity contribution in [1.82, 2.24) is 15.3 Å². The second-order valence-electron chi connectivity index (χ2n) is 12.2. The standard InChI is InChI=1S/C38H40FN5O4/c1-23-19-30-31(20-24(23)2)43-36(42-30)32-22-48-27(21-41-32)17-18-28-29(39)15-10-16-33(28)44(38(46)47-3)37(45)35(40)34(25-11-6-4-7-12-25)26-13-8-5-9-14-26/h4-16,19-20,27,32,34-35,41H,17-18,21-22,40H2,1-3H3,(H,42,43)/t27-,32+,35+/m1/s1. The number of rotatable bonds is 9. The van der Waals surface area contributed by atoms with Crippen molar-refractivity contribution in [3.63, 3.8) is 0 Å². The number of imide groups is 1. The van der Waals surface area contributed by atoms with E-state index in [1.165, 1.54) is 30.4 Å². The van der Waals surface area contributed by atoms with Crippen LogP contribution in [0, 0.1) is 19.7 Å². The summed E-state index contributed by atoms with van der Waals surface area (Å²) in [4.78, 5) is 36.5. The van der Waals surface area contributed by atoms with Gasteiger partial charge in [0.2, 0.25) is 0 Å². The zero-order chi connectivity index (χ0) is 33.8. The molecule has 10 heteroatoms. The van der Waals surface area contributed by atoms with Gasteiger partial charge in [0.15, 0.2) is 0 Å². The lowest BCUT2D eigenvalue weighted by molar-refractivity contribution is -0.119. The Bertz CT molecular complexity index is 1810. The van der Waals surface area contributed by atoms with Crippen LogP contribution in [-0.4, -0.2) is 54.4 Å². The molecule has 48 heavy (non-hydrogen) atoms. The van der Waals surface area contributed by atoms with E-state index in [1.807, 2.05) is 60.7 Å². The third-order valence-electron chi connectivity index (χ3n) is 9.13. The number of ether oxygens (including phenoxy) is 2. The predicted molar refractivity (Wildman–Crippen MR) is 183 cm³/mol. The van der Waals surface area contributed by atoms with Crippen LogP contribution in [0.25, 0.3) is 11.0 Å². The van der Waals surface area contributed by atoms with Crippen LogP contribution in [-0.2, 0) is 20.7 Å². The number of amides is 2. The number of nitrogens with two attached hydrogens (primary N) is 1. The molecule has 4 aromatic carbocycles. The van der Waals surface area contributed by atoms with E-state index in [2.05, 4.69) is 36.3 Å². The van der Waals surface area contributed by atoms with Crippen LogP contribution in [0.15, 0.2) is 91.0 Å². The average Bonchev–Trinajstić information content (AvgIpc) is 3.51. The van der Waals surface area contributed by atoms with Gasteiger partial charge in [-0.3, -0.25) is 4.79 Å². The Hall–Kier alpha value is -4.90. The highest BCUT2D eigenvalue weighted by Crippen LogP contribution is 2.32. The fraction of sp³-hybridized carbons (Fsp3) is 0.289. The van der Waals surface area contributed by atoms with Crippen LogP contribution in [0.4, 0.5) is 14.9 Å². The molecule has 9 nitrogen and oxygen atoms in total. The van der Waals surface area contributed by atoms with E-state index in [0.29, 0.717) is 19.6 Å². The zero-order valence-electron chi connectivity index (χ0n) is 27.3. The maximum absolute atomic E-state index is 15.5. The van der Waals surface area contributed by atoms with Crippen molar-refractivity contribution in [1.29, 1.82) is 0 Å². The van der Waals surface area contributed by atoms with E-state index in [4.69, 9.17) is 20.2 Å². The number of nitrogens with one attached hydrogen (secondary N) is 2. The first kappa shape index (κ1) is 33.0. The number of carbonyl (C=O) groups is 2. The molecule has 6 rings (SSSR count). The summed E-state index contributed by atoms with van der Waals surface area (Å²) in [5.74, 6) is -1.02. The number of H-pyrrole nitrogens is 1. The quantitative estimate of drug-likeness (QED) is 0.173. The first-order chi connectivity index (χ1) is 23.2. The molecule has 2 heterocycles. The molecule has 0 bridgehead atoms. The smallest absolute Gasteiger partial charge is 0.420 e. The summed E-state index contributed by atoms with van der Waals surface area (Å²) in [6.07, 6.45) is -0.527. The molecule has 1 aromatic heterocycles. The molecule has 5 aromatic rings. The van der Waals surface area contributed by atoms with Gasteiger partial charge in [-0.05, 0) is 73.2 Å². The molecule has 1 aliphatic heterocycles. The normalized spacial score (nSPS) is 17.0. The summed E-state index contributed by atoms with van der Waals surface area (Å²) in [6, 6.07) is 26.0. The highest BCUT2D eigenvalue weighted by molar-refractivity contribution is 6.15. The van der Waals surface area contributed by atoms with Gasteiger partial charge >= 0.3 is 6.09 Å². The van der Waals surface area contributed by atoms with Crippen molar-refractivity contribution in [2.45, 2.75) is 50.8 Å². The van der Waals surface area contributed by atoms with Gasteiger partial charge in [-0.25, -0.2) is 19.1 Å². The van der Waals surface area contributed by atoms with Gasteiger partial charge in [-0.15, -0.1) is 0 Å². The zero-order valence-corrected chi connectivity index (χ0v) is 27.3. The van der Waals surface area contributed by atoms with Crippen molar-refractivity contribution in [2.24, 2.45) is 5.73 Å². The minimum atomic E-state index is -1.18. The number of aryl methyl sites for hydroxylation is 2. The number of nitrogens with zero attached hydrogens (tertiary/aromatic N) is 2. The lowest BCUT2D eigenvalue weighted by Crippen LogP contribution is -2.50. The summed E-state index contributed by atoms with van der Waals surface area (Å²) >= 11 is 0. The summed E-state index contributed by atoms with van der Waals surface area (Å²) < 4.78 is 26.8. The molecule has 0 aliphatic carbocycles. The number of hydrogen-bond acceptors (Lipinski definition) is 7. The molecule has 4 N–H and O–H groups in total. The van der Waals surface area contributed by atoms with Gasteiger partial charge in [-0.1, -0.05) is 66.7 Å². The number of fused-ring (bicyclic) bond motifs is 1. The second-order valence-corrected chi connectivity index (χ2v) is 12.2. The lowest BCUT2D eigenvalue weighted by atomic mass is 9.84.